The molecule has 0 saturated carbocycles. The first-order valence-electron chi connectivity index (χ1n) is 10.5. The van der Waals surface area contributed by atoms with Gasteiger partial charge in [-0.3, -0.25) is 10.1 Å². The quantitative estimate of drug-likeness (QED) is 0.163. The maximum Gasteiger partial charge on any atom is 0.269 e. The van der Waals surface area contributed by atoms with Crippen LogP contribution in [-0.2, 0) is 17.7 Å². The van der Waals surface area contributed by atoms with Gasteiger partial charge in [0.1, 0.15) is 0 Å². The van der Waals surface area contributed by atoms with Crippen LogP contribution in [-0.4, -0.2) is 36.7 Å². The minimum atomic E-state index is -0.389. The lowest BCUT2D eigenvalue weighted by Gasteiger charge is -2.20. The Labute approximate surface area is 200 Å². The predicted molar refractivity (Wildman–Crippen MR) is 134 cm³/mol. The topological polar surface area (TPSA) is 88.8 Å². The Balaban J connectivity index is 0.00000341. The molecule has 2 atom stereocenters. The molecule has 2 unspecified atom stereocenters. The molecule has 0 aliphatic carbocycles. The number of aliphatic imine (C=N–C) groups is 1. The van der Waals surface area contributed by atoms with Crippen LogP contribution in [0.5, 0.6) is 0 Å². The third-order valence-corrected chi connectivity index (χ3v) is 5.24. The summed E-state index contributed by atoms with van der Waals surface area (Å²) in [4.78, 5) is 15.1. The second-order valence-electron chi connectivity index (χ2n) is 7.77. The number of rotatable bonds is 9. The van der Waals surface area contributed by atoms with Gasteiger partial charge in [-0.1, -0.05) is 42.5 Å². The highest BCUT2D eigenvalue weighted by atomic mass is 127. The number of guanidine groups is 1. The molecule has 1 saturated heterocycles. The van der Waals surface area contributed by atoms with Gasteiger partial charge in [0.25, 0.3) is 5.69 Å². The SMILES string of the molecule is CC(CCc1ccccc1)NC(=NCc1ccc([N+](=O)[O-])cc1)NCC1CCOC1.I. The van der Waals surface area contributed by atoms with Gasteiger partial charge in [-0.2, -0.15) is 0 Å². The first-order chi connectivity index (χ1) is 14.6. The van der Waals surface area contributed by atoms with Gasteiger partial charge in [0.15, 0.2) is 5.96 Å². The first-order valence-corrected chi connectivity index (χ1v) is 10.5. The fraction of sp³-hybridized carbons (Fsp3) is 0.435. The van der Waals surface area contributed by atoms with Gasteiger partial charge in [0.05, 0.1) is 18.1 Å². The van der Waals surface area contributed by atoms with E-state index in [0.717, 1.165) is 50.5 Å². The van der Waals surface area contributed by atoms with Gasteiger partial charge in [0, 0.05) is 37.2 Å². The lowest BCUT2D eigenvalue weighted by Crippen LogP contribution is -2.44. The standard InChI is InChI=1S/C23H30N4O3.HI/c1-18(7-8-19-5-3-2-4-6-19)26-23(25-16-21-13-14-30-17-21)24-15-20-9-11-22(12-10-20)27(28)29;/h2-6,9-12,18,21H,7-8,13-17H2,1H3,(H2,24,25,26);1H. The van der Waals surface area contributed by atoms with Crippen LogP contribution in [0.4, 0.5) is 5.69 Å². The molecule has 1 aliphatic heterocycles. The molecule has 0 radical (unpaired) electrons. The van der Waals surface area contributed by atoms with Crippen LogP contribution in [0.3, 0.4) is 0 Å². The van der Waals surface area contributed by atoms with Crippen molar-refractivity contribution >= 4 is 35.6 Å². The molecule has 8 heteroatoms. The smallest absolute Gasteiger partial charge is 0.269 e. The highest BCUT2D eigenvalue weighted by Crippen LogP contribution is 2.13. The Morgan fingerprint density at radius 3 is 2.58 bits per heavy atom. The molecule has 2 N–H and O–H groups in total. The van der Waals surface area contributed by atoms with Crippen LogP contribution in [0.15, 0.2) is 59.6 Å². The summed E-state index contributed by atoms with van der Waals surface area (Å²) in [5.74, 6) is 1.26. The second-order valence-corrected chi connectivity index (χ2v) is 7.77. The number of nitrogens with zero attached hydrogens (tertiary/aromatic N) is 2. The summed E-state index contributed by atoms with van der Waals surface area (Å²) in [6.07, 6.45) is 3.06. The maximum atomic E-state index is 10.8. The molecule has 0 bridgehead atoms. The summed E-state index contributed by atoms with van der Waals surface area (Å²) in [5.41, 5.74) is 2.35. The third kappa shape index (κ3) is 8.82. The molecule has 7 nitrogen and oxygen atoms in total. The Bertz CT molecular complexity index is 824. The second kappa shape index (κ2) is 13.3. The Kier molecular flexibility index (Phi) is 10.7. The molecule has 3 rings (SSSR count). The average Bonchev–Trinajstić information content (AvgIpc) is 3.29. The van der Waals surface area contributed by atoms with E-state index in [-0.39, 0.29) is 40.6 Å². The van der Waals surface area contributed by atoms with Crippen LogP contribution >= 0.6 is 24.0 Å². The number of hydrogen-bond donors (Lipinski definition) is 2. The highest BCUT2D eigenvalue weighted by Gasteiger charge is 2.16. The van der Waals surface area contributed by atoms with Crippen molar-refractivity contribution < 1.29 is 9.66 Å². The Morgan fingerprint density at radius 1 is 1.19 bits per heavy atom. The number of hydrogen-bond acceptors (Lipinski definition) is 4. The van der Waals surface area contributed by atoms with Gasteiger partial charge < -0.3 is 15.4 Å². The molecule has 1 heterocycles. The lowest BCUT2D eigenvalue weighted by molar-refractivity contribution is -0.384. The Hall–Kier alpha value is -2.20. The van der Waals surface area contributed by atoms with Crippen molar-refractivity contribution in [1.82, 2.24) is 10.6 Å². The number of non-ortho nitro benzene ring substituents is 1. The van der Waals surface area contributed by atoms with Crippen LogP contribution in [0.25, 0.3) is 0 Å². The third-order valence-electron chi connectivity index (χ3n) is 5.24. The zero-order chi connectivity index (χ0) is 21.2. The first kappa shape index (κ1) is 25.1. The summed E-state index contributed by atoms with van der Waals surface area (Å²) in [7, 11) is 0. The lowest BCUT2D eigenvalue weighted by atomic mass is 10.1. The van der Waals surface area contributed by atoms with Crippen LogP contribution in [0.2, 0.25) is 0 Å². The van der Waals surface area contributed by atoms with E-state index in [2.05, 4.69) is 41.8 Å². The van der Waals surface area contributed by atoms with Crippen LogP contribution < -0.4 is 10.6 Å². The van der Waals surface area contributed by atoms with E-state index >= 15 is 0 Å². The molecule has 0 spiro atoms. The molecule has 1 fully saturated rings. The monoisotopic (exact) mass is 538 g/mol. The normalized spacial score (nSPS) is 16.9. The van der Waals surface area contributed by atoms with E-state index in [4.69, 9.17) is 9.73 Å². The molecule has 0 aromatic heterocycles. The predicted octanol–water partition coefficient (Wildman–Crippen LogP) is 4.31. The van der Waals surface area contributed by atoms with E-state index in [0.29, 0.717) is 12.5 Å². The van der Waals surface area contributed by atoms with Crippen molar-refractivity contribution in [1.29, 1.82) is 0 Å². The number of nitrogens with one attached hydrogen (secondary N) is 2. The molecular weight excluding hydrogens is 507 g/mol. The van der Waals surface area contributed by atoms with Gasteiger partial charge in [-0.15, -0.1) is 24.0 Å². The summed E-state index contributed by atoms with van der Waals surface area (Å²) < 4.78 is 5.46. The molecular formula is C23H31IN4O3. The van der Waals surface area contributed by atoms with Crippen molar-refractivity contribution in [3.8, 4) is 0 Å². The van der Waals surface area contributed by atoms with Gasteiger partial charge in [0.2, 0.25) is 0 Å². The number of ether oxygens (including phenoxy) is 1. The number of aryl methyl sites for hydroxylation is 1. The molecule has 168 valence electrons. The summed E-state index contributed by atoms with van der Waals surface area (Å²) in [6.45, 7) is 5.04. The van der Waals surface area contributed by atoms with Crippen LogP contribution in [0, 0.1) is 16.0 Å². The summed E-state index contributed by atoms with van der Waals surface area (Å²) in [6, 6.07) is 17.3. The van der Waals surface area contributed by atoms with Gasteiger partial charge >= 0.3 is 0 Å². The molecule has 2 aromatic rings. The Morgan fingerprint density at radius 2 is 1.94 bits per heavy atom. The van der Waals surface area contributed by atoms with Crippen molar-refractivity contribution in [2.24, 2.45) is 10.9 Å². The zero-order valence-corrected chi connectivity index (χ0v) is 20.2. The molecule has 2 aromatic carbocycles. The molecule has 31 heavy (non-hydrogen) atoms. The van der Waals surface area contributed by atoms with E-state index in [9.17, 15) is 10.1 Å². The minimum Gasteiger partial charge on any atom is -0.381 e. The van der Waals surface area contributed by atoms with Crippen molar-refractivity contribution in [3.05, 3.63) is 75.8 Å². The van der Waals surface area contributed by atoms with E-state index < -0.39 is 0 Å². The average molecular weight is 538 g/mol. The van der Waals surface area contributed by atoms with Crippen molar-refractivity contribution in [2.45, 2.75) is 38.8 Å². The van der Waals surface area contributed by atoms with Gasteiger partial charge in [-0.25, -0.2) is 4.99 Å². The molecule has 0 amide bonds. The number of nitro groups is 1. The zero-order valence-electron chi connectivity index (χ0n) is 17.8. The summed E-state index contributed by atoms with van der Waals surface area (Å²) in [5, 5.41) is 17.8. The highest BCUT2D eigenvalue weighted by molar-refractivity contribution is 14.0. The fourth-order valence-corrected chi connectivity index (χ4v) is 3.36. The van der Waals surface area contributed by atoms with Gasteiger partial charge in [-0.05, 0) is 37.3 Å². The fourth-order valence-electron chi connectivity index (χ4n) is 3.36. The van der Waals surface area contributed by atoms with Crippen molar-refractivity contribution in [2.75, 3.05) is 19.8 Å². The van der Waals surface area contributed by atoms with E-state index in [1.807, 2.05) is 6.07 Å². The molecule has 1 aliphatic rings. The van der Waals surface area contributed by atoms with Crippen LogP contribution in [0.1, 0.15) is 30.9 Å². The number of benzene rings is 2. The number of halogens is 1. The van der Waals surface area contributed by atoms with E-state index in [1.165, 1.54) is 17.7 Å². The minimum absolute atomic E-state index is 0. The summed E-state index contributed by atoms with van der Waals surface area (Å²) >= 11 is 0. The number of nitro benzene ring substituents is 1. The van der Waals surface area contributed by atoms with Crippen molar-refractivity contribution in [3.63, 3.8) is 0 Å². The van der Waals surface area contributed by atoms with E-state index in [1.54, 1.807) is 12.1 Å². The largest absolute Gasteiger partial charge is 0.381 e. The maximum absolute atomic E-state index is 10.8.